The van der Waals surface area contributed by atoms with Crippen molar-refractivity contribution in [2.75, 3.05) is 18.1 Å². The van der Waals surface area contributed by atoms with Crippen molar-refractivity contribution >= 4 is 28.8 Å². The Morgan fingerprint density at radius 3 is 1.88 bits per heavy atom. The molecule has 4 amide bonds. The van der Waals surface area contributed by atoms with Crippen molar-refractivity contribution in [2.45, 2.75) is 89.3 Å². The Hall–Kier alpha value is -1.79. The number of nitrogens with zero attached hydrogens (tertiary/aromatic N) is 2. The number of halogens is 5. The van der Waals surface area contributed by atoms with E-state index in [1.165, 1.54) is 18.7 Å². The van der Waals surface area contributed by atoms with E-state index in [1.54, 1.807) is 0 Å². The average molecular weight is 507 g/mol. The number of imide groups is 3. The van der Waals surface area contributed by atoms with Crippen molar-refractivity contribution in [1.82, 2.24) is 9.80 Å². The highest BCUT2D eigenvalue weighted by molar-refractivity contribution is 7.84. The van der Waals surface area contributed by atoms with Crippen LogP contribution in [0.3, 0.4) is 0 Å². The molecule has 0 aromatic heterocycles. The number of alkyl halides is 5. The fourth-order valence-electron chi connectivity index (χ4n) is 3.50. The summed E-state index contributed by atoms with van der Waals surface area (Å²) < 4.78 is 73.5. The normalized spacial score (nSPS) is 17.7. The minimum atomic E-state index is -5.58. The third-order valence-corrected chi connectivity index (χ3v) is 7.03. The number of hydrogen-bond acceptors (Lipinski definition) is 4. The number of carboxylic acid groups (broad SMARTS) is 1. The lowest BCUT2D eigenvalue weighted by Gasteiger charge is -2.27. The molecule has 0 aliphatic carbocycles. The first-order valence-electron chi connectivity index (χ1n) is 10.8. The fourth-order valence-corrected chi connectivity index (χ4v) is 4.69. The molecule has 1 unspecified atom stereocenters. The van der Waals surface area contributed by atoms with Crippen molar-refractivity contribution in [3.63, 3.8) is 0 Å². The summed E-state index contributed by atoms with van der Waals surface area (Å²) in [6.07, 6.45) is -3.74. The van der Waals surface area contributed by atoms with E-state index in [9.17, 15) is 40.5 Å². The lowest BCUT2D eigenvalue weighted by molar-refractivity contribution is -0.284. The number of urea groups is 1. The maximum Gasteiger partial charge on any atom is 0.453 e. The fraction of sp³-hybridized carbons (Fsp3) is 0.850. The zero-order valence-electron chi connectivity index (χ0n) is 18.8. The quantitative estimate of drug-likeness (QED) is 0.199. The number of amides is 4. The van der Waals surface area contributed by atoms with Gasteiger partial charge in [0.15, 0.2) is 0 Å². The molecule has 1 aliphatic rings. The number of hydrogen-bond donors (Lipinski definition) is 1. The summed E-state index contributed by atoms with van der Waals surface area (Å²) in [5.74, 6) is -5.44. The third-order valence-electron chi connectivity index (χ3n) is 5.55. The molecule has 0 saturated carbocycles. The minimum Gasteiger partial charge on any atom is -0.464 e. The smallest absolute Gasteiger partial charge is 0.453 e. The van der Waals surface area contributed by atoms with E-state index in [1.807, 2.05) is 0 Å². The first-order chi connectivity index (χ1) is 15.1. The Bertz CT molecular complexity index is 730. The first-order valence-corrected chi connectivity index (χ1v) is 12.3. The standard InChI is InChI=1S/C20H31F5N2O5S/c1-18(2)15(28)27(17(30)31)16(29)26(18)12-8-6-4-3-5-7-9-13-33(32)14-10-11-19(21,22)20(23,24)25/h3-14H2,1-2H3,(H,30,31). The van der Waals surface area contributed by atoms with Crippen LogP contribution in [0.2, 0.25) is 0 Å². The monoisotopic (exact) mass is 506 g/mol. The Morgan fingerprint density at radius 2 is 1.39 bits per heavy atom. The molecule has 0 spiro atoms. The van der Waals surface area contributed by atoms with E-state index in [4.69, 9.17) is 5.11 Å². The van der Waals surface area contributed by atoms with Gasteiger partial charge < -0.3 is 10.0 Å². The zero-order chi connectivity index (χ0) is 25.4. The van der Waals surface area contributed by atoms with E-state index < -0.39 is 59.3 Å². The molecular formula is C20H31F5N2O5S. The molecule has 33 heavy (non-hydrogen) atoms. The number of rotatable bonds is 14. The second kappa shape index (κ2) is 12.1. The molecule has 1 rings (SSSR count). The van der Waals surface area contributed by atoms with Crippen molar-refractivity contribution in [3.8, 4) is 0 Å². The molecule has 1 heterocycles. The molecule has 1 N–H and O–H groups in total. The molecule has 0 radical (unpaired) electrons. The number of carbonyl (C=O) groups excluding carboxylic acids is 2. The summed E-state index contributed by atoms with van der Waals surface area (Å²) in [6.45, 7) is 3.26. The van der Waals surface area contributed by atoms with E-state index in [0.29, 0.717) is 12.8 Å². The minimum absolute atomic E-state index is 0.181. The highest BCUT2D eigenvalue weighted by Gasteiger charge is 2.56. The third kappa shape index (κ3) is 8.18. The lowest BCUT2D eigenvalue weighted by Crippen LogP contribution is -2.44. The van der Waals surface area contributed by atoms with Gasteiger partial charge in [0.05, 0.1) is 0 Å². The molecule has 0 bridgehead atoms. The van der Waals surface area contributed by atoms with Gasteiger partial charge in [-0.2, -0.15) is 26.9 Å². The molecule has 192 valence electrons. The zero-order valence-corrected chi connectivity index (χ0v) is 19.6. The molecule has 13 heteroatoms. The van der Waals surface area contributed by atoms with Gasteiger partial charge in [-0.3, -0.25) is 9.00 Å². The van der Waals surface area contributed by atoms with Crippen LogP contribution in [-0.4, -0.2) is 72.8 Å². The molecular weight excluding hydrogens is 475 g/mol. The van der Waals surface area contributed by atoms with Gasteiger partial charge in [-0.15, -0.1) is 0 Å². The van der Waals surface area contributed by atoms with Gasteiger partial charge in [0, 0.05) is 35.3 Å². The van der Waals surface area contributed by atoms with Gasteiger partial charge in [-0.25, -0.2) is 9.59 Å². The molecule has 1 atom stereocenters. The van der Waals surface area contributed by atoms with Crippen LogP contribution in [0.4, 0.5) is 31.5 Å². The highest BCUT2D eigenvalue weighted by Crippen LogP contribution is 2.38. The topological polar surface area (TPSA) is 95.0 Å². The van der Waals surface area contributed by atoms with Crippen LogP contribution >= 0.6 is 0 Å². The predicted octanol–water partition coefficient (Wildman–Crippen LogP) is 5.16. The van der Waals surface area contributed by atoms with E-state index >= 15 is 0 Å². The van der Waals surface area contributed by atoms with Crippen LogP contribution in [0, 0.1) is 0 Å². The molecule has 1 fully saturated rings. The maximum atomic E-state index is 12.8. The van der Waals surface area contributed by atoms with Gasteiger partial charge in [0.1, 0.15) is 5.54 Å². The van der Waals surface area contributed by atoms with Crippen LogP contribution < -0.4 is 0 Å². The highest BCUT2D eigenvalue weighted by atomic mass is 32.2. The Morgan fingerprint density at radius 1 is 0.909 bits per heavy atom. The number of carbonyl (C=O) groups is 3. The lowest BCUT2D eigenvalue weighted by atomic mass is 10.0. The summed E-state index contributed by atoms with van der Waals surface area (Å²) in [5, 5.41) is 9.02. The number of unbranched alkanes of at least 4 members (excludes halogenated alkanes) is 6. The van der Waals surface area contributed by atoms with Crippen LogP contribution in [0.25, 0.3) is 0 Å². The molecule has 1 saturated heterocycles. The maximum absolute atomic E-state index is 12.8. The van der Waals surface area contributed by atoms with E-state index in [-0.39, 0.29) is 23.0 Å². The van der Waals surface area contributed by atoms with Crippen LogP contribution in [0.15, 0.2) is 0 Å². The van der Waals surface area contributed by atoms with Gasteiger partial charge in [0.25, 0.3) is 5.91 Å². The summed E-state index contributed by atoms with van der Waals surface area (Å²) in [7, 11) is -1.42. The summed E-state index contributed by atoms with van der Waals surface area (Å²) >= 11 is 0. The van der Waals surface area contributed by atoms with Crippen molar-refractivity contribution in [1.29, 1.82) is 0 Å². The van der Waals surface area contributed by atoms with Gasteiger partial charge in [-0.05, 0) is 33.1 Å². The van der Waals surface area contributed by atoms with Gasteiger partial charge >= 0.3 is 24.2 Å². The molecule has 0 aromatic rings. The Balaban J connectivity index is 2.13. The Kier molecular flexibility index (Phi) is 10.7. The summed E-state index contributed by atoms with van der Waals surface area (Å²) in [4.78, 5) is 36.8. The van der Waals surface area contributed by atoms with Crippen LogP contribution in [0.5, 0.6) is 0 Å². The van der Waals surface area contributed by atoms with Gasteiger partial charge in [0.2, 0.25) is 0 Å². The second-order valence-electron chi connectivity index (χ2n) is 8.55. The van der Waals surface area contributed by atoms with Gasteiger partial charge in [-0.1, -0.05) is 32.1 Å². The van der Waals surface area contributed by atoms with Crippen LogP contribution in [0.1, 0.15) is 71.6 Å². The van der Waals surface area contributed by atoms with E-state index in [0.717, 1.165) is 32.1 Å². The summed E-state index contributed by atoms with van der Waals surface area (Å²) in [5.41, 5.74) is -1.21. The molecule has 7 nitrogen and oxygen atoms in total. The van der Waals surface area contributed by atoms with E-state index in [2.05, 4.69) is 0 Å². The van der Waals surface area contributed by atoms with Crippen molar-refractivity contribution in [2.24, 2.45) is 0 Å². The summed E-state index contributed by atoms with van der Waals surface area (Å²) in [6, 6.07) is -0.840. The van der Waals surface area contributed by atoms with Crippen molar-refractivity contribution < 1.29 is 45.7 Å². The van der Waals surface area contributed by atoms with Crippen molar-refractivity contribution in [3.05, 3.63) is 0 Å². The SMILES string of the molecule is CC1(C)C(=O)N(C(=O)O)C(=O)N1CCCCCCCCCS(=O)CCCC(F)(F)C(F)(F)F. The molecule has 1 aliphatic heterocycles. The molecule has 0 aromatic carbocycles. The van der Waals surface area contributed by atoms with Crippen LogP contribution in [-0.2, 0) is 15.6 Å². The second-order valence-corrected chi connectivity index (χ2v) is 10.2. The first kappa shape index (κ1) is 29.2. The predicted molar refractivity (Wildman–Crippen MR) is 111 cm³/mol. The average Bonchev–Trinajstić information content (AvgIpc) is 2.84. The Labute approximate surface area is 192 Å². The largest absolute Gasteiger partial charge is 0.464 e.